The minimum atomic E-state index is 0.486. The Morgan fingerprint density at radius 1 is 1.21 bits per heavy atom. The van der Waals surface area contributed by atoms with Crippen molar-refractivity contribution in [1.82, 2.24) is 14.9 Å². The first-order valence-corrected chi connectivity index (χ1v) is 11.9. The van der Waals surface area contributed by atoms with Crippen LogP contribution in [-0.4, -0.2) is 54.3 Å². The van der Waals surface area contributed by atoms with Crippen LogP contribution in [0.5, 0.6) is 5.75 Å². The smallest absolute Gasteiger partial charge is 0.188 e. The first-order chi connectivity index (χ1) is 16.2. The molecule has 1 fully saturated rings. The number of nitrogens with one attached hydrogen (secondary N) is 1. The van der Waals surface area contributed by atoms with Crippen molar-refractivity contribution < 1.29 is 9.47 Å². The topological polar surface area (TPSA) is 83.3 Å². The van der Waals surface area contributed by atoms with E-state index >= 15 is 0 Å². The lowest BCUT2D eigenvalue weighted by atomic mass is 10.1. The first-order valence-electron chi connectivity index (χ1n) is 11.1. The molecule has 2 aromatic carbocycles. The van der Waals surface area contributed by atoms with Crippen LogP contribution in [-0.2, 0) is 4.74 Å². The van der Waals surface area contributed by atoms with Gasteiger partial charge in [0.1, 0.15) is 11.8 Å². The van der Waals surface area contributed by atoms with Gasteiger partial charge in [0.05, 0.1) is 46.8 Å². The van der Waals surface area contributed by atoms with Crippen molar-refractivity contribution in [1.29, 1.82) is 5.26 Å². The van der Waals surface area contributed by atoms with E-state index in [4.69, 9.17) is 9.47 Å². The lowest BCUT2D eigenvalue weighted by Crippen LogP contribution is -2.37. The van der Waals surface area contributed by atoms with Crippen LogP contribution in [0.25, 0.3) is 21.1 Å². The molecule has 33 heavy (non-hydrogen) atoms. The number of fused-ring (bicyclic) bond motifs is 2. The number of aryl methyl sites for hydroxylation is 1. The third kappa shape index (κ3) is 4.76. The third-order valence-electron chi connectivity index (χ3n) is 5.79. The standard InChI is InChI=1S/C25H25N5O2S/c1-17-13-19-21(14-22(17)32-10-4-7-30-8-11-31-12-9-30)27-16-18(15-26)24(19)29-25-28-20-5-2-3-6-23(20)33-25/h2-3,5-6,13-14,16H,4,7-12H2,1H3,(H,27,28,29). The number of para-hydroxylation sites is 1. The number of thiazole rings is 1. The fourth-order valence-corrected chi connectivity index (χ4v) is 4.90. The number of pyridine rings is 1. The molecule has 7 nitrogen and oxygen atoms in total. The SMILES string of the molecule is Cc1cc2c(Nc3nc4ccccc4s3)c(C#N)cnc2cc1OCCCN1CCOCC1. The number of aromatic nitrogens is 2. The fraction of sp³-hybridized carbons (Fsp3) is 0.320. The number of hydrogen-bond acceptors (Lipinski definition) is 8. The molecule has 1 aliphatic rings. The average molecular weight is 460 g/mol. The Bertz CT molecular complexity index is 1290. The second kappa shape index (κ2) is 9.71. The van der Waals surface area contributed by atoms with Gasteiger partial charge >= 0.3 is 0 Å². The molecule has 1 aliphatic heterocycles. The summed E-state index contributed by atoms with van der Waals surface area (Å²) in [5, 5.41) is 14.7. The molecule has 5 rings (SSSR count). The molecule has 3 heterocycles. The number of hydrogen-bond donors (Lipinski definition) is 1. The number of anilines is 2. The van der Waals surface area contributed by atoms with E-state index in [0.717, 1.165) is 82.5 Å². The van der Waals surface area contributed by atoms with Gasteiger partial charge in [-0.3, -0.25) is 9.88 Å². The van der Waals surface area contributed by atoms with Gasteiger partial charge in [-0.2, -0.15) is 5.26 Å². The minimum absolute atomic E-state index is 0.486. The van der Waals surface area contributed by atoms with Crippen molar-refractivity contribution in [3.05, 3.63) is 53.7 Å². The van der Waals surface area contributed by atoms with E-state index in [2.05, 4.69) is 26.3 Å². The van der Waals surface area contributed by atoms with Gasteiger partial charge in [-0.15, -0.1) is 0 Å². The van der Waals surface area contributed by atoms with Crippen molar-refractivity contribution >= 4 is 43.3 Å². The number of benzene rings is 2. The monoisotopic (exact) mass is 459 g/mol. The Labute approximate surface area is 196 Å². The van der Waals surface area contributed by atoms with Crippen molar-refractivity contribution in [3.63, 3.8) is 0 Å². The zero-order valence-corrected chi connectivity index (χ0v) is 19.3. The van der Waals surface area contributed by atoms with E-state index in [1.54, 1.807) is 17.5 Å². The van der Waals surface area contributed by atoms with Crippen LogP contribution >= 0.6 is 11.3 Å². The lowest BCUT2D eigenvalue weighted by Gasteiger charge is -2.26. The first kappa shape index (κ1) is 21.6. The molecule has 2 aromatic heterocycles. The Morgan fingerprint density at radius 2 is 2.06 bits per heavy atom. The predicted molar refractivity (Wildman–Crippen MR) is 131 cm³/mol. The average Bonchev–Trinajstić information content (AvgIpc) is 3.26. The molecule has 0 unspecified atom stereocenters. The molecule has 0 atom stereocenters. The number of nitriles is 1. The summed E-state index contributed by atoms with van der Waals surface area (Å²) in [5.41, 5.74) is 3.94. The molecule has 0 radical (unpaired) electrons. The van der Waals surface area contributed by atoms with Crippen molar-refractivity contribution in [3.8, 4) is 11.8 Å². The van der Waals surface area contributed by atoms with Gasteiger partial charge in [0.15, 0.2) is 5.13 Å². The van der Waals surface area contributed by atoms with Gasteiger partial charge in [-0.25, -0.2) is 4.98 Å². The summed E-state index contributed by atoms with van der Waals surface area (Å²) >= 11 is 1.56. The van der Waals surface area contributed by atoms with Crippen molar-refractivity contribution in [2.24, 2.45) is 0 Å². The van der Waals surface area contributed by atoms with Crippen LogP contribution in [0.2, 0.25) is 0 Å². The van der Waals surface area contributed by atoms with E-state index in [0.29, 0.717) is 12.2 Å². The molecule has 4 aromatic rings. The van der Waals surface area contributed by atoms with E-state index in [1.807, 2.05) is 43.3 Å². The second-order valence-electron chi connectivity index (χ2n) is 8.06. The summed E-state index contributed by atoms with van der Waals surface area (Å²) < 4.78 is 12.6. The maximum Gasteiger partial charge on any atom is 0.188 e. The third-order valence-corrected chi connectivity index (χ3v) is 6.74. The molecule has 1 saturated heterocycles. The minimum Gasteiger partial charge on any atom is -0.493 e. The molecule has 0 saturated carbocycles. The lowest BCUT2D eigenvalue weighted by molar-refractivity contribution is 0.0358. The van der Waals surface area contributed by atoms with Gasteiger partial charge < -0.3 is 14.8 Å². The molecule has 0 bridgehead atoms. The van der Waals surface area contributed by atoms with E-state index < -0.39 is 0 Å². The summed E-state index contributed by atoms with van der Waals surface area (Å²) in [6, 6.07) is 14.3. The Kier molecular flexibility index (Phi) is 6.35. The van der Waals surface area contributed by atoms with Crippen LogP contribution in [0.15, 0.2) is 42.6 Å². The maximum atomic E-state index is 9.69. The van der Waals surface area contributed by atoms with Crippen LogP contribution in [0.4, 0.5) is 10.8 Å². The summed E-state index contributed by atoms with van der Waals surface area (Å²) in [6.07, 6.45) is 2.57. The summed E-state index contributed by atoms with van der Waals surface area (Å²) in [6.45, 7) is 7.29. The summed E-state index contributed by atoms with van der Waals surface area (Å²) in [5.74, 6) is 0.827. The molecule has 1 N–H and O–H groups in total. The normalized spacial score (nSPS) is 14.4. The Balaban J connectivity index is 1.36. The number of morpholine rings is 1. The summed E-state index contributed by atoms with van der Waals surface area (Å²) in [7, 11) is 0. The maximum absolute atomic E-state index is 9.69. The molecule has 0 aliphatic carbocycles. The second-order valence-corrected chi connectivity index (χ2v) is 9.09. The highest BCUT2D eigenvalue weighted by Crippen LogP contribution is 2.35. The molecule has 0 spiro atoms. The van der Waals surface area contributed by atoms with Crippen LogP contribution in [0, 0.1) is 18.3 Å². The molecule has 0 amide bonds. The quantitative estimate of drug-likeness (QED) is 0.395. The molecule has 8 heteroatoms. The molecule has 168 valence electrons. The zero-order chi connectivity index (χ0) is 22.6. The van der Waals surface area contributed by atoms with E-state index in [1.165, 1.54) is 0 Å². The van der Waals surface area contributed by atoms with Crippen LogP contribution < -0.4 is 10.1 Å². The number of nitrogens with zero attached hydrogens (tertiary/aromatic N) is 4. The van der Waals surface area contributed by atoms with Crippen molar-refractivity contribution in [2.75, 3.05) is 44.8 Å². The fourth-order valence-electron chi connectivity index (χ4n) is 4.03. The number of ether oxygens (including phenoxy) is 2. The van der Waals surface area contributed by atoms with Gasteiger partial charge in [0.25, 0.3) is 0 Å². The van der Waals surface area contributed by atoms with Gasteiger partial charge in [-0.1, -0.05) is 23.5 Å². The molecular formula is C25H25N5O2S. The largest absolute Gasteiger partial charge is 0.493 e. The van der Waals surface area contributed by atoms with Crippen LogP contribution in [0.3, 0.4) is 0 Å². The zero-order valence-electron chi connectivity index (χ0n) is 18.5. The highest BCUT2D eigenvalue weighted by atomic mass is 32.1. The van der Waals surface area contributed by atoms with Gasteiger partial charge in [0, 0.05) is 37.3 Å². The number of rotatable bonds is 7. The van der Waals surface area contributed by atoms with Crippen molar-refractivity contribution in [2.45, 2.75) is 13.3 Å². The van der Waals surface area contributed by atoms with E-state index in [-0.39, 0.29) is 0 Å². The highest BCUT2D eigenvalue weighted by molar-refractivity contribution is 7.22. The Morgan fingerprint density at radius 3 is 2.88 bits per heavy atom. The van der Waals surface area contributed by atoms with Crippen LogP contribution in [0.1, 0.15) is 17.5 Å². The highest BCUT2D eigenvalue weighted by Gasteiger charge is 2.15. The Hall–Kier alpha value is -3.25. The van der Waals surface area contributed by atoms with Gasteiger partial charge in [-0.05, 0) is 37.1 Å². The van der Waals surface area contributed by atoms with Gasteiger partial charge in [0.2, 0.25) is 0 Å². The predicted octanol–water partition coefficient (Wildman–Crippen LogP) is 4.87. The van der Waals surface area contributed by atoms with E-state index in [9.17, 15) is 5.26 Å². The summed E-state index contributed by atoms with van der Waals surface area (Å²) in [4.78, 5) is 11.6. The molecular weight excluding hydrogens is 434 g/mol.